The fourth-order valence-corrected chi connectivity index (χ4v) is 3.02. The molecule has 1 saturated heterocycles. The van der Waals surface area contributed by atoms with Gasteiger partial charge in [0, 0.05) is 35.8 Å². The molecule has 2 amide bonds. The molecule has 7 nitrogen and oxygen atoms in total. The van der Waals surface area contributed by atoms with Crippen molar-refractivity contribution in [2.24, 2.45) is 0 Å². The van der Waals surface area contributed by atoms with Gasteiger partial charge in [0.15, 0.2) is 5.65 Å². The summed E-state index contributed by atoms with van der Waals surface area (Å²) in [5.74, 6) is -0.0390. The third kappa shape index (κ3) is 2.96. The number of anilines is 1. The minimum Gasteiger partial charge on any atom is -0.346 e. The van der Waals surface area contributed by atoms with Gasteiger partial charge in [-0.25, -0.2) is 4.98 Å². The first-order chi connectivity index (χ1) is 12.2. The molecule has 0 saturated carbocycles. The molecule has 126 valence electrons. The van der Waals surface area contributed by atoms with Crippen LogP contribution < -0.4 is 10.2 Å². The van der Waals surface area contributed by atoms with Crippen LogP contribution >= 0.6 is 0 Å². The summed E-state index contributed by atoms with van der Waals surface area (Å²) in [6, 6.07) is 10.9. The Balaban J connectivity index is 1.43. The van der Waals surface area contributed by atoms with Crippen LogP contribution in [0.4, 0.5) is 5.69 Å². The minimum absolute atomic E-state index is 0.136. The van der Waals surface area contributed by atoms with Gasteiger partial charge in [0.2, 0.25) is 5.91 Å². The van der Waals surface area contributed by atoms with Gasteiger partial charge in [-0.2, -0.15) is 5.10 Å². The monoisotopic (exact) mass is 335 g/mol. The largest absolute Gasteiger partial charge is 0.346 e. The average Bonchev–Trinajstić information content (AvgIpc) is 3.26. The second kappa shape index (κ2) is 6.35. The van der Waals surface area contributed by atoms with Crippen molar-refractivity contribution in [3.8, 4) is 0 Å². The quantitative estimate of drug-likeness (QED) is 0.763. The van der Waals surface area contributed by atoms with Crippen molar-refractivity contribution in [3.05, 3.63) is 53.9 Å². The maximum atomic E-state index is 12.3. The normalized spacial score (nSPS) is 14.2. The first-order valence-electron chi connectivity index (χ1n) is 8.19. The van der Waals surface area contributed by atoms with Crippen molar-refractivity contribution in [3.63, 3.8) is 0 Å². The van der Waals surface area contributed by atoms with Gasteiger partial charge in [0.1, 0.15) is 0 Å². The van der Waals surface area contributed by atoms with Crippen LogP contribution in [-0.2, 0) is 11.3 Å². The topological polar surface area (TPSA) is 91.0 Å². The van der Waals surface area contributed by atoms with Crippen LogP contribution in [0.25, 0.3) is 11.0 Å². The number of pyridine rings is 1. The molecule has 0 unspecified atom stereocenters. The number of aromatic amines is 1. The lowest BCUT2D eigenvalue weighted by atomic mass is 10.2. The molecule has 25 heavy (non-hydrogen) atoms. The van der Waals surface area contributed by atoms with E-state index < -0.39 is 0 Å². The lowest BCUT2D eigenvalue weighted by molar-refractivity contribution is -0.117. The Morgan fingerprint density at radius 3 is 2.84 bits per heavy atom. The smallest absolute Gasteiger partial charge is 0.251 e. The number of hydrogen-bond acceptors (Lipinski definition) is 4. The van der Waals surface area contributed by atoms with E-state index in [0.29, 0.717) is 24.2 Å². The number of H-pyrrole nitrogens is 1. The van der Waals surface area contributed by atoms with Crippen LogP contribution in [0.1, 0.15) is 28.9 Å². The zero-order valence-electron chi connectivity index (χ0n) is 13.5. The van der Waals surface area contributed by atoms with Crippen molar-refractivity contribution in [2.45, 2.75) is 19.4 Å². The van der Waals surface area contributed by atoms with Gasteiger partial charge in [0.05, 0.1) is 12.2 Å². The highest BCUT2D eigenvalue weighted by atomic mass is 16.2. The van der Waals surface area contributed by atoms with Gasteiger partial charge in [-0.05, 0) is 42.8 Å². The molecular weight excluding hydrogens is 318 g/mol. The third-order valence-corrected chi connectivity index (χ3v) is 4.35. The maximum Gasteiger partial charge on any atom is 0.251 e. The number of nitrogens with one attached hydrogen (secondary N) is 2. The second-order valence-electron chi connectivity index (χ2n) is 5.96. The van der Waals surface area contributed by atoms with E-state index in [9.17, 15) is 9.59 Å². The highest BCUT2D eigenvalue weighted by molar-refractivity contribution is 5.97. The summed E-state index contributed by atoms with van der Waals surface area (Å²) in [6.07, 6.45) is 3.15. The van der Waals surface area contributed by atoms with E-state index in [0.717, 1.165) is 29.7 Å². The third-order valence-electron chi connectivity index (χ3n) is 4.35. The van der Waals surface area contributed by atoms with Gasteiger partial charge >= 0.3 is 0 Å². The Bertz CT molecular complexity index is 932. The number of benzene rings is 1. The summed E-state index contributed by atoms with van der Waals surface area (Å²) < 4.78 is 0. The fraction of sp³-hybridized carbons (Fsp3) is 0.222. The highest BCUT2D eigenvalue weighted by Gasteiger charge is 2.21. The molecule has 1 aliphatic rings. The molecule has 0 spiro atoms. The van der Waals surface area contributed by atoms with Crippen molar-refractivity contribution < 1.29 is 9.59 Å². The van der Waals surface area contributed by atoms with E-state index in [1.165, 1.54) is 0 Å². The molecule has 0 aliphatic carbocycles. The summed E-state index contributed by atoms with van der Waals surface area (Å²) in [5, 5.41) is 10.8. The Labute approximate surface area is 144 Å². The molecule has 7 heteroatoms. The summed E-state index contributed by atoms with van der Waals surface area (Å²) in [4.78, 5) is 30.0. The Kier molecular flexibility index (Phi) is 3.89. The second-order valence-corrected chi connectivity index (χ2v) is 5.96. The van der Waals surface area contributed by atoms with Gasteiger partial charge < -0.3 is 10.2 Å². The van der Waals surface area contributed by atoms with Crippen molar-refractivity contribution >= 4 is 28.5 Å². The maximum absolute atomic E-state index is 12.3. The van der Waals surface area contributed by atoms with Gasteiger partial charge in [-0.1, -0.05) is 0 Å². The van der Waals surface area contributed by atoms with E-state index in [2.05, 4.69) is 20.5 Å². The van der Waals surface area contributed by atoms with Gasteiger partial charge in [-0.15, -0.1) is 0 Å². The van der Waals surface area contributed by atoms with Crippen LogP contribution in [0.15, 0.2) is 42.6 Å². The molecule has 3 aromatic rings. The molecule has 1 aliphatic heterocycles. The first kappa shape index (κ1) is 15.3. The highest BCUT2D eigenvalue weighted by Crippen LogP contribution is 2.21. The fourth-order valence-electron chi connectivity index (χ4n) is 3.02. The zero-order chi connectivity index (χ0) is 17.2. The number of carbonyl (C=O) groups is 2. The molecule has 3 heterocycles. The van der Waals surface area contributed by atoms with Crippen LogP contribution in [0.5, 0.6) is 0 Å². The van der Waals surface area contributed by atoms with Crippen molar-refractivity contribution in [1.82, 2.24) is 20.5 Å². The van der Waals surface area contributed by atoms with E-state index >= 15 is 0 Å². The lowest BCUT2D eigenvalue weighted by Gasteiger charge is -2.15. The lowest BCUT2D eigenvalue weighted by Crippen LogP contribution is -2.25. The number of amides is 2. The van der Waals surface area contributed by atoms with Crippen LogP contribution in [0, 0.1) is 0 Å². The average molecular weight is 335 g/mol. The molecule has 0 radical (unpaired) electrons. The number of hydrogen-bond donors (Lipinski definition) is 2. The molecule has 4 rings (SSSR count). The van der Waals surface area contributed by atoms with Gasteiger partial charge in [0.25, 0.3) is 5.91 Å². The van der Waals surface area contributed by atoms with E-state index in [4.69, 9.17) is 0 Å². The van der Waals surface area contributed by atoms with Crippen LogP contribution in [0.2, 0.25) is 0 Å². The number of rotatable bonds is 4. The van der Waals surface area contributed by atoms with Crippen molar-refractivity contribution in [1.29, 1.82) is 0 Å². The van der Waals surface area contributed by atoms with E-state index in [1.54, 1.807) is 23.2 Å². The minimum atomic E-state index is -0.175. The predicted octanol–water partition coefficient (Wildman–Crippen LogP) is 2.01. The molecule has 0 atom stereocenters. The van der Waals surface area contributed by atoms with Crippen LogP contribution in [-0.4, -0.2) is 33.5 Å². The molecule has 2 N–H and O–H groups in total. The molecule has 1 fully saturated rings. The summed E-state index contributed by atoms with van der Waals surface area (Å²) in [7, 11) is 0. The van der Waals surface area contributed by atoms with Crippen molar-refractivity contribution in [2.75, 3.05) is 11.4 Å². The van der Waals surface area contributed by atoms with E-state index in [1.807, 2.05) is 24.3 Å². The summed E-state index contributed by atoms with van der Waals surface area (Å²) in [6.45, 7) is 1.08. The Hall–Kier alpha value is -3.22. The molecule has 0 bridgehead atoms. The molecular formula is C18H17N5O2. The van der Waals surface area contributed by atoms with Gasteiger partial charge in [-0.3, -0.25) is 14.7 Å². The number of carbonyl (C=O) groups excluding carboxylic acids is 2. The summed E-state index contributed by atoms with van der Waals surface area (Å²) in [5.41, 5.74) is 2.84. The SMILES string of the molecule is O=C(NCc1[nH]nc2ncccc12)c1ccc(N2CCCC2=O)cc1. The summed E-state index contributed by atoms with van der Waals surface area (Å²) >= 11 is 0. The Morgan fingerprint density at radius 1 is 1.24 bits per heavy atom. The number of fused-ring (bicyclic) bond motifs is 1. The first-order valence-corrected chi connectivity index (χ1v) is 8.19. The standard InChI is InChI=1S/C18H17N5O2/c24-16-4-2-10-23(16)13-7-5-12(6-8-13)18(25)20-11-15-14-3-1-9-19-17(14)22-21-15/h1,3,5-9H,2,4,10-11H2,(H,20,25)(H,19,21,22). The predicted molar refractivity (Wildman–Crippen MR) is 93.1 cm³/mol. The number of nitrogens with zero attached hydrogens (tertiary/aromatic N) is 3. The van der Waals surface area contributed by atoms with Crippen LogP contribution in [0.3, 0.4) is 0 Å². The molecule has 2 aromatic heterocycles. The number of aromatic nitrogens is 3. The zero-order valence-corrected chi connectivity index (χ0v) is 13.5. The van der Waals surface area contributed by atoms with E-state index in [-0.39, 0.29) is 11.8 Å². The Morgan fingerprint density at radius 2 is 2.08 bits per heavy atom. The molecule has 1 aromatic carbocycles.